The Bertz CT molecular complexity index is 719. The van der Waals surface area contributed by atoms with E-state index in [1.54, 1.807) is 24.3 Å². The quantitative estimate of drug-likeness (QED) is 0.725. The summed E-state index contributed by atoms with van der Waals surface area (Å²) < 4.78 is 0. The minimum atomic E-state index is -0.111. The van der Waals surface area contributed by atoms with Gasteiger partial charge in [-0.2, -0.15) is 0 Å². The molecule has 2 rings (SSSR count). The number of aromatic amines is 1. The van der Waals surface area contributed by atoms with E-state index < -0.39 is 0 Å². The van der Waals surface area contributed by atoms with Crippen LogP contribution in [0.1, 0.15) is 61.5 Å². The number of rotatable bonds is 8. The molecule has 0 spiro atoms. The average Bonchev–Trinajstić information content (AvgIpc) is 2.53. The van der Waals surface area contributed by atoms with Crippen molar-refractivity contribution in [2.45, 2.75) is 52.4 Å². The molecule has 1 amide bonds. The molecule has 124 valence electrons. The molecule has 2 aromatic rings. The largest absolute Gasteiger partial charge is 0.358 e. The summed E-state index contributed by atoms with van der Waals surface area (Å²) in [6, 6.07) is 6.78. The molecule has 23 heavy (non-hydrogen) atoms. The number of benzene rings is 1. The van der Waals surface area contributed by atoms with E-state index in [1.807, 2.05) is 6.92 Å². The third-order valence-corrected chi connectivity index (χ3v) is 4.04. The fourth-order valence-corrected chi connectivity index (χ4v) is 2.73. The second-order valence-electron chi connectivity index (χ2n) is 6.10. The third kappa shape index (κ3) is 4.95. The first-order chi connectivity index (χ1) is 11.1. The highest BCUT2D eigenvalue weighted by atomic mass is 16.1. The van der Waals surface area contributed by atoms with E-state index in [4.69, 9.17) is 0 Å². The molecule has 2 N–H and O–H groups in total. The maximum absolute atomic E-state index is 12.2. The molecule has 0 bridgehead atoms. The van der Waals surface area contributed by atoms with Gasteiger partial charge in [-0.3, -0.25) is 9.59 Å². The minimum Gasteiger partial charge on any atom is -0.358 e. The van der Waals surface area contributed by atoms with Crippen molar-refractivity contribution in [3.05, 3.63) is 45.7 Å². The number of aromatic nitrogens is 1. The minimum absolute atomic E-state index is 0.0539. The van der Waals surface area contributed by atoms with Gasteiger partial charge in [0, 0.05) is 34.8 Å². The van der Waals surface area contributed by atoms with Crippen LogP contribution in [0.15, 0.2) is 29.1 Å². The summed E-state index contributed by atoms with van der Waals surface area (Å²) in [5.74, 6) is -0.111. The van der Waals surface area contributed by atoms with E-state index in [-0.39, 0.29) is 11.3 Å². The van der Waals surface area contributed by atoms with Crippen LogP contribution in [0, 0.1) is 6.92 Å². The van der Waals surface area contributed by atoms with E-state index in [0.717, 1.165) is 24.1 Å². The first kappa shape index (κ1) is 17.3. The molecule has 1 aromatic heterocycles. The number of unbranched alkanes of at least 4 members (excludes halogenated alkanes) is 5. The summed E-state index contributed by atoms with van der Waals surface area (Å²) in [4.78, 5) is 27.3. The molecule has 0 saturated carbocycles. The number of H-pyrrole nitrogens is 1. The Morgan fingerprint density at radius 2 is 1.83 bits per heavy atom. The zero-order chi connectivity index (χ0) is 16.7. The van der Waals surface area contributed by atoms with Crippen molar-refractivity contribution in [2.75, 3.05) is 6.54 Å². The lowest BCUT2D eigenvalue weighted by Gasteiger charge is -2.07. The van der Waals surface area contributed by atoms with Crippen LogP contribution in [-0.2, 0) is 0 Å². The van der Waals surface area contributed by atoms with Crippen LogP contribution in [0.2, 0.25) is 0 Å². The van der Waals surface area contributed by atoms with Gasteiger partial charge in [0.05, 0.1) is 0 Å². The number of fused-ring (bicyclic) bond motifs is 1. The van der Waals surface area contributed by atoms with Crippen molar-refractivity contribution >= 4 is 16.8 Å². The summed E-state index contributed by atoms with van der Waals surface area (Å²) in [6.07, 6.45) is 7.19. The highest BCUT2D eigenvalue weighted by Gasteiger charge is 2.08. The van der Waals surface area contributed by atoms with Crippen LogP contribution in [0.3, 0.4) is 0 Å². The molecule has 0 saturated heterocycles. The number of carbonyl (C=O) groups excluding carboxylic acids is 1. The van der Waals surface area contributed by atoms with Crippen LogP contribution in [0.25, 0.3) is 10.9 Å². The lowest BCUT2D eigenvalue weighted by Crippen LogP contribution is -2.24. The fourth-order valence-electron chi connectivity index (χ4n) is 2.73. The van der Waals surface area contributed by atoms with Gasteiger partial charge >= 0.3 is 0 Å². The lowest BCUT2D eigenvalue weighted by atomic mass is 10.1. The first-order valence-corrected chi connectivity index (χ1v) is 8.53. The van der Waals surface area contributed by atoms with Crippen molar-refractivity contribution in [3.8, 4) is 0 Å². The molecular formula is C19H26N2O2. The van der Waals surface area contributed by atoms with Gasteiger partial charge in [0.25, 0.3) is 5.91 Å². The number of carbonyl (C=O) groups is 1. The summed E-state index contributed by atoms with van der Waals surface area (Å²) in [6.45, 7) is 4.74. The first-order valence-electron chi connectivity index (χ1n) is 8.53. The summed E-state index contributed by atoms with van der Waals surface area (Å²) in [5.41, 5.74) is 2.07. The van der Waals surface area contributed by atoms with Gasteiger partial charge in [-0.15, -0.1) is 0 Å². The van der Waals surface area contributed by atoms with Crippen LogP contribution < -0.4 is 10.7 Å². The Morgan fingerprint density at radius 1 is 1.09 bits per heavy atom. The van der Waals surface area contributed by atoms with E-state index in [1.165, 1.54) is 25.7 Å². The van der Waals surface area contributed by atoms with Crippen LogP contribution >= 0.6 is 0 Å². The number of pyridine rings is 1. The van der Waals surface area contributed by atoms with Gasteiger partial charge in [-0.1, -0.05) is 39.0 Å². The fraction of sp³-hybridized carbons (Fsp3) is 0.474. The van der Waals surface area contributed by atoms with Gasteiger partial charge in [0.2, 0.25) is 0 Å². The topological polar surface area (TPSA) is 62.0 Å². The zero-order valence-corrected chi connectivity index (χ0v) is 14.1. The van der Waals surface area contributed by atoms with Crippen molar-refractivity contribution < 1.29 is 4.79 Å². The van der Waals surface area contributed by atoms with E-state index in [0.29, 0.717) is 17.5 Å². The molecule has 0 fully saturated rings. The maximum Gasteiger partial charge on any atom is 0.251 e. The molecule has 0 aliphatic rings. The second kappa shape index (κ2) is 8.51. The lowest BCUT2D eigenvalue weighted by molar-refractivity contribution is 0.0953. The van der Waals surface area contributed by atoms with Gasteiger partial charge in [0.15, 0.2) is 5.43 Å². The number of aryl methyl sites for hydroxylation is 1. The highest BCUT2D eigenvalue weighted by molar-refractivity contribution is 5.97. The van der Waals surface area contributed by atoms with Crippen molar-refractivity contribution in [2.24, 2.45) is 0 Å². The molecule has 1 aromatic carbocycles. The molecule has 1 heterocycles. The molecule has 0 atom stereocenters. The number of amides is 1. The summed E-state index contributed by atoms with van der Waals surface area (Å²) in [7, 11) is 0. The maximum atomic E-state index is 12.2. The van der Waals surface area contributed by atoms with Gasteiger partial charge in [-0.05, 0) is 31.5 Å². The number of nitrogens with one attached hydrogen (secondary N) is 2. The zero-order valence-electron chi connectivity index (χ0n) is 14.1. The molecule has 4 heteroatoms. The van der Waals surface area contributed by atoms with Gasteiger partial charge in [-0.25, -0.2) is 0 Å². The van der Waals surface area contributed by atoms with Crippen LogP contribution in [0.4, 0.5) is 0 Å². The molecule has 0 aliphatic heterocycles. The Kier molecular flexibility index (Phi) is 6.39. The van der Waals surface area contributed by atoms with E-state index in [2.05, 4.69) is 17.2 Å². The molecule has 0 radical (unpaired) electrons. The monoisotopic (exact) mass is 314 g/mol. The Hall–Kier alpha value is -2.10. The SMILES string of the molecule is CCCCCCCCNC(=O)c1ccc2[nH]c(C)cc(=O)c2c1. The summed E-state index contributed by atoms with van der Waals surface area (Å²) >= 11 is 0. The number of hydrogen-bond donors (Lipinski definition) is 2. The standard InChI is InChI=1S/C19H26N2O2/c1-3-4-5-6-7-8-11-20-19(23)15-9-10-17-16(13-15)18(22)12-14(2)21-17/h9-10,12-13H,3-8,11H2,1-2H3,(H,20,23)(H,21,22). The predicted octanol–water partition coefficient (Wildman–Crippen LogP) is 3.93. The van der Waals surface area contributed by atoms with Crippen LogP contribution in [0.5, 0.6) is 0 Å². The molecule has 0 unspecified atom stereocenters. The number of hydrogen-bond acceptors (Lipinski definition) is 2. The van der Waals surface area contributed by atoms with Gasteiger partial charge in [0.1, 0.15) is 0 Å². The van der Waals surface area contributed by atoms with Crippen molar-refractivity contribution in [1.29, 1.82) is 0 Å². The Morgan fingerprint density at radius 3 is 2.61 bits per heavy atom. The molecule has 0 aliphatic carbocycles. The highest BCUT2D eigenvalue weighted by Crippen LogP contribution is 2.11. The Labute approximate surface area is 137 Å². The Balaban J connectivity index is 1.90. The third-order valence-electron chi connectivity index (χ3n) is 4.04. The normalized spacial score (nSPS) is 10.9. The predicted molar refractivity (Wildman–Crippen MR) is 95.0 cm³/mol. The van der Waals surface area contributed by atoms with Crippen molar-refractivity contribution in [3.63, 3.8) is 0 Å². The molecular weight excluding hydrogens is 288 g/mol. The van der Waals surface area contributed by atoms with E-state index in [9.17, 15) is 9.59 Å². The van der Waals surface area contributed by atoms with Crippen LogP contribution in [-0.4, -0.2) is 17.4 Å². The van der Waals surface area contributed by atoms with Gasteiger partial charge < -0.3 is 10.3 Å². The molecule has 4 nitrogen and oxygen atoms in total. The smallest absolute Gasteiger partial charge is 0.251 e. The van der Waals surface area contributed by atoms with Crippen molar-refractivity contribution in [1.82, 2.24) is 10.3 Å². The summed E-state index contributed by atoms with van der Waals surface area (Å²) in [5, 5.41) is 3.49. The van der Waals surface area contributed by atoms with E-state index >= 15 is 0 Å². The second-order valence-corrected chi connectivity index (χ2v) is 6.10. The average molecular weight is 314 g/mol.